The second-order valence-corrected chi connectivity index (χ2v) is 8.98. The number of piperidine rings is 1. The molecule has 1 atom stereocenters. The smallest absolute Gasteiger partial charge is 0.253 e. The van der Waals surface area contributed by atoms with Crippen LogP contribution in [0.3, 0.4) is 0 Å². The summed E-state index contributed by atoms with van der Waals surface area (Å²) in [5, 5.41) is 8.81. The number of nitrogens with zero attached hydrogens (tertiary/aromatic N) is 1. The van der Waals surface area contributed by atoms with Crippen LogP contribution >= 0.6 is 0 Å². The molecule has 0 spiro atoms. The van der Waals surface area contributed by atoms with Crippen molar-refractivity contribution in [3.63, 3.8) is 0 Å². The molecule has 34 heavy (non-hydrogen) atoms. The summed E-state index contributed by atoms with van der Waals surface area (Å²) in [5.74, 6) is -0.434. The predicted octanol–water partition coefficient (Wildman–Crippen LogP) is 3.49. The quantitative estimate of drug-likeness (QED) is 0.470. The van der Waals surface area contributed by atoms with Crippen LogP contribution in [0.5, 0.6) is 0 Å². The lowest BCUT2D eigenvalue weighted by Gasteiger charge is -2.31. The zero-order valence-corrected chi connectivity index (χ0v) is 20.2. The lowest BCUT2D eigenvalue weighted by Crippen LogP contribution is -2.45. The normalized spacial score (nSPS) is 16.0. The lowest BCUT2D eigenvalue weighted by molar-refractivity contribution is -0.127. The summed E-state index contributed by atoms with van der Waals surface area (Å²) in [4.78, 5) is 40.0. The third-order valence-electron chi connectivity index (χ3n) is 6.09. The van der Waals surface area contributed by atoms with E-state index in [1.54, 1.807) is 24.3 Å². The number of carbonyl (C=O) groups excluding carboxylic acids is 3. The minimum absolute atomic E-state index is 0.0779. The first-order valence-electron chi connectivity index (χ1n) is 12.2. The molecule has 2 aromatic carbocycles. The summed E-state index contributed by atoms with van der Waals surface area (Å²) in [6.07, 6.45) is 3.75. The minimum Gasteiger partial charge on any atom is -0.356 e. The van der Waals surface area contributed by atoms with Gasteiger partial charge in [0.05, 0.1) is 23.7 Å². The predicted molar refractivity (Wildman–Crippen MR) is 135 cm³/mol. The average Bonchev–Trinajstić information content (AvgIpc) is 2.84. The van der Waals surface area contributed by atoms with Gasteiger partial charge in [-0.15, -0.1) is 0 Å². The summed E-state index contributed by atoms with van der Waals surface area (Å²) >= 11 is 0. The highest BCUT2D eigenvalue weighted by molar-refractivity contribution is 6.04. The molecule has 7 nitrogen and oxygen atoms in total. The van der Waals surface area contributed by atoms with Crippen LogP contribution in [0.4, 0.5) is 5.69 Å². The Bertz CT molecular complexity index is 974. The van der Waals surface area contributed by atoms with Gasteiger partial charge in [0.25, 0.3) is 5.91 Å². The fourth-order valence-corrected chi connectivity index (χ4v) is 4.11. The number of hydrogen-bond donors (Lipinski definition) is 3. The molecule has 1 aliphatic rings. The fraction of sp³-hybridized carbons (Fsp3) is 0.444. The van der Waals surface area contributed by atoms with Gasteiger partial charge in [0.15, 0.2) is 0 Å². The topological polar surface area (TPSA) is 90.5 Å². The summed E-state index contributed by atoms with van der Waals surface area (Å²) in [6.45, 7) is 6.78. The molecule has 1 fully saturated rings. The second-order valence-electron chi connectivity index (χ2n) is 8.98. The number of carbonyl (C=O) groups is 3. The van der Waals surface area contributed by atoms with Crippen molar-refractivity contribution in [2.24, 2.45) is 5.92 Å². The Hall–Kier alpha value is -3.19. The number of benzene rings is 2. The van der Waals surface area contributed by atoms with Crippen molar-refractivity contribution < 1.29 is 14.4 Å². The van der Waals surface area contributed by atoms with Crippen LogP contribution in [-0.2, 0) is 16.1 Å². The SMILES string of the molecule is CCCCNC(=O)C1CCCN(CC(=O)Nc2ccccc2C(=O)NCc2ccc(C)cc2)C1. The molecule has 3 rings (SSSR count). The highest BCUT2D eigenvalue weighted by atomic mass is 16.2. The van der Waals surface area contributed by atoms with Gasteiger partial charge in [-0.2, -0.15) is 0 Å². The number of para-hydroxylation sites is 1. The Labute approximate surface area is 202 Å². The van der Waals surface area contributed by atoms with E-state index in [2.05, 4.69) is 22.9 Å². The molecule has 1 heterocycles. The van der Waals surface area contributed by atoms with Crippen LogP contribution in [0.15, 0.2) is 48.5 Å². The second kappa shape index (κ2) is 12.9. The van der Waals surface area contributed by atoms with E-state index in [9.17, 15) is 14.4 Å². The van der Waals surface area contributed by atoms with Crippen molar-refractivity contribution in [1.29, 1.82) is 0 Å². The van der Waals surface area contributed by atoms with Gasteiger partial charge < -0.3 is 16.0 Å². The summed E-state index contributed by atoms with van der Waals surface area (Å²) in [6, 6.07) is 15.0. The van der Waals surface area contributed by atoms with Crippen LogP contribution in [-0.4, -0.2) is 48.8 Å². The largest absolute Gasteiger partial charge is 0.356 e. The van der Waals surface area contributed by atoms with Gasteiger partial charge in [-0.1, -0.05) is 55.3 Å². The summed E-state index contributed by atoms with van der Waals surface area (Å²) in [7, 11) is 0. The number of unbranched alkanes of at least 4 members (excludes halogenated alkanes) is 1. The van der Waals surface area contributed by atoms with Gasteiger partial charge >= 0.3 is 0 Å². The maximum atomic E-state index is 12.8. The number of amides is 3. The maximum absolute atomic E-state index is 12.8. The van der Waals surface area contributed by atoms with Gasteiger partial charge in [0.1, 0.15) is 0 Å². The first kappa shape index (κ1) is 25.4. The first-order valence-corrected chi connectivity index (χ1v) is 12.2. The number of anilines is 1. The highest BCUT2D eigenvalue weighted by Crippen LogP contribution is 2.18. The third kappa shape index (κ3) is 7.70. The zero-order chi connectivity index (χ0) is 24.3. The molecule has 3 amide bonds. The van der Waals surface area contributed by atoms with Crippen LogP contribution < -0.4 is 16.0 Å². The highest BCUT2D eigenvalue weighted by Gasteiger charge is 2.26. The van der Waals surface area contributed by atoms with E-state index in [1.807, 2.05) is 36.1 Å². The Balaban J connectivity index is 1.53. The number of likely N-dealkylation sites (tertiary alicyclic amines) is 1. The molecule has 0 bridgehead atoms. The van der Waals surface area contributed by atoms with Crippen molar-refractivity contribution in [1.82, 2.24) is 15.5 Å². The lowest BCUT2D eigenvalue weighted by atomic mass is 9.97. The molecule has 7 heteroatoms. The third-order valence-corrected chi connectivity index (χ3v) is 6.09. The summed E-state index contributed by atoms with van der Waals surface area (Å²) < 4.78 is 0. The van der Waals surface area contributed by atoms with Crippen LogP contribution in [0, 0.1) is 12.8 Å². The van der Waals surface area contributed by atoms with E-state index < -0.39 is 0 Å². The number of hydrogen-bond acceptors (Lipinski definition) is 4. The Morgan fingerprint density at radius 1 is 1.03 bits per heavy atom. The molecule has 0 aromatic heterocycles. The van der Waals surface area contributed by atoms with Gasteiger partial charge in [0.2, 0.25) is 11.8 Å². The van der Waals surface area contributed by atoms with Crippen molar-refractivity contribution in [2.45, 2.75) is 46.1 Å². The van der Waals surface area contributed by atoms with Crippen molar-refractivity contribution in [3.8, 4) is 0 Å². The Morgan fingerprint density at radius 3 is 2.56 bits per heavy atom. The van der Waals surface area contributed by atoms with Crippen LogP contribution in [0.25, 0.3) is 0 Å². The van der Waals surface area contributed by atoms with Crippen molar-refractivity contribution in [3.05, 3.63) is 65.2 Å². The molecule has 1 saturated heterocycles. The van der Waals surface area contributed by atoms with Gasteiger partial charge in [-0.3, -0.25) is 19.3 Å². The van der Waals surface area contributed by atoms with Crippen LogP contribution in [0.1, 0.15) is 54.1 Å². The molecule has 1 unspecified atom stereocenters. The van der Waals surface area contributed by atoms with E-state index in [4.69, 9.17) is 0 Å². The molecular formula is C27H36N4O3. The molecular weight excluding hydrogens is 428 g/mol. The van der Waals surface area contributed by atoms with E-state index >= 15 is 0 Å². The summed E-state index contributed by atoms with van der Waals surface area (Å²) in [5.41, 5.74) is 3.09. The molecule has 182 valence electrons. The van der Waals surface area contributed by atoms with Crippen LogP contribution in [0.2, 0.25) is 0 Å². The number of rotatable bonds is 10. The molecule has 2 aromatic rings. The van der Waals surface area contributed by atoms with E-state index in [0.29, 0.717) is 30.9 Å². The standard InChI is InChI=1S/C27H36N4O3/c1-3-4-15-28-26(33)22-8-7-16-31(18-22)19-25(32)30-24-10-6-5-9-23(24)27(34)29-17-21-13-11-20(2)12-14-21/h5-6,9-14,22H,3-4,7-8,15-19H2,1-2H3,(H,28,33)(H,29,34)(H,30,32). The van der Waals surface area contributed by atoms with Gasteiger partial charge in [-0.05, 0) is 50.4 Å². The first-order chi connectivity index (χ1) is 16.5. The van der Waals surface area contributed by atoms with Gasteiger partial charge in [0, 0.05) is 19.6 Å². The van der Waals surface area contributed by atoms with E-state index in [1.165, 1.54) is 5.56 Å². The maximum Gasteiger partial charge on any atom is 0.253 e. The Kier molecular flexibility index (Phi) is 9.64. The molecule has 0 aliphatic carbocycles. The molecule has 1 aliphatic heterocycles. The molecule has 0 saturated carbocycles. The van der Waals surface area contributed by atoms with Crippen molar-refractivity contribution >= 4 is 23.4 Å². The number of aryl methyl sites for hydroxylation is 1. The van der Waals surface area contributed by atoms with E-state index in [-0.39, 0.29) is 30.2 Å². The zero-order valence-electron chi connectivity index (χ0n) is 20.2. The minimum atomic E-state index is -0.238. The Morgan fingerprint density at radius 2 is 1.79 bits per heavy atom. The van der Waals surface area contributed by atoms with Gasteiger partial charge in [-0.25, -0.2) is 0 Å². The van der Waals surface area contributed by atoms with E-state index in [0.717, 1.165) is 37.8 Å². The molecule has 0 radical (unpaired) electrons. The molecule has 3 N–H and O–H groups in total. The fourth-order valence-electron chi connectivity index (χ4n) is 4.11. The average molecular weight is 465 g/mol. The monoisotopic (exact) mass is 464 g/mol. The number of nitrogens with one attached hydrogen (secondary N) is 3. The van der Waals surface area contributed by atoms with Crippen molar-refractivity contribution in [2.75, 3.05) is 31.5 Å².